The number of aromatic hydroxyl groups is 1. The Balaban J connectivity index is 1.76. The SMILES string of the molecule is CCCC1OC(C)(O)Cc2cc3c(c(O)c21)C(=O)C([C@H]1OC[C@H](O)[C@@H](CO)O1)=CC3=O. The number of carbonyl (C=O) groups excluding carboxylic acids is 2. The van der Waals surface area contributed by atoms with E-state index in [9.17, 15) is 30.0 Å². The maximum absolute atomic E-state index is 13.3. The molecule has 0 saturated carbocycles. The number of ether oxygens (including phenoxy) is 3. The first-order chi connectivity index (χ1) is 14.7. The van der Waals surface area contributed by atoms with Gasteiger partial charge < -0.3 is 34.6 Å². The van der Waals surface area contributed by atoms with Gasteiger partial charge in [0.15, 0.2) is 23.6 Å². The van der Waals surface area contributed by atoms with Gasteiger partial charge in [0.25, 0.3) is 0 Å². The smallest absolute Gasteiger partial charge is 0.198 e. The molecule has 9 heteroatoms. The second-order valence-electron chi connectivity index (χ2n) is 8.35. The third kappa shape index (κ3) is 3.82. The van der Waals surface area contributed by atoms with Gasteiger partial charge >= 0.3 is 0 Å². The molecule has 1 aromatic carbocycles. The van der Waals surface area contributed by atoms with Crippen molar-refractivity contribution in [3.05, 3.63) is 40.0 Å². The van der Waals surface area contributed by atoms with Crippen molar-refractivity contribution in [2.45, 2.75) is 63.5 Å². The summed E-state index contributed by atoms with van der Waals surface area (Å²) in [6, 6.07) is 1.53. The molecule has 4 N–H and O–H groups in total. The van der Waals surface area contributed by atoms with Crippen LogP contribution < -0.4 is 0 Å². The van der Waals surface area contributed by atoms with Gasteiger partial charge in [-0.25, -0.2) is 0 Å². The maximum Gasteiger partial charge on any atom is 0.198 e. The van der Waals surface area contributed by atoms with Crippen LogP contribution in [0.1, 0.15) is 64.6 Å². The molecular weight excluding hydrogens is 408 g/mol. The Labute approximate surface area is 178 Å². The Kier molecular flexibility index (Phi) is 5.76. The minimum atomic E-state index is -1.46. The highest BCUT2D eigenvalue weighted by atomic mass is 16.7. The van der Waals surface area contributed by atoms with Crippen molar-refractivity contribution in [2.24, 2.45) is 0 Å². The van der Waals surface area contributed by atoms with Crippen molar-refractivity contribution < 1.29 is 44.2 Å². The largest absolute Gasteiger partial charge is 0.507 e. The van der Waals surface area contributed by atoms with Gasteiger partial charge in [-0.1, -0.05) is 13.3 Å². The minimum Gasteiger partial charge on any atom is -0.507 e. The van der Waals surface area contributed by atoms with Crippen LogP contribution in [0.2, 0.25) is 0 Å². The number of phenolic OH excluding ortho intramolecular Hbond substituents is 1. The van der Waals surface area contributed by atoms with Gasteiger partial charge in [-0.2, -0.15) is 0 Å². The molecule has 3 aliphatic rings. The summed E-state index contributed by atoms with van der Waals surface area (Å²) in [4.78, 5) is 26.1. The normalized spacial score (nSPS) is 33.0. The maximum atomic E-state index is 13.3. The van der Waals surface area contributed by atoms with Crippen LogP contribution in [0, 0.1) is 0 Å². The lowest BCUT2D eigenvalue weighted by Crippen LogP contribution is -2.47. The van der Waals surface area contributed by atoms with E-state index in [1.165, 1.54) is 13.0 Å². The average Bonchev–Trinajstić information content (AvgIpc) is 2.70. The molecule has 2 heterocycles. The van der Waals surface area contributed by atoms with E-state index in [2.05, 4.69) is 0 Å². The number of rotatable bonds is 4. The number of fused-ring (bicyclic) bond motifs is 2. The van der Waals surface area contributed by atoms with Crippen LogP contribution in [0.4, 0.5) is 0 Å². The van der Waals surface area contributed by atoms with Crippen LogP contribution >= 0.6 is 0 Å². The highest BCUT2D eigenvalue weighted by molar-refractivity contribution is 6.26. The standard InChI is InChI=1S/C22H26O9/c1-3-4-15-17-10(7-22(2,28)31-15)5-11-13(24)6-12(19(26)18(11)20(17)27)21-29-9-14(25)16(8-23)30-21/h5-6,14-16,21,23,25,27-28H,3-4,7-9H2,1-2H3/t14-,15?,16+,21-,22?/m0/s1. The molecule has 1 aromatic rings. The topological polar surface area (TPSA) is 143 Å². The van der Waals surface area contributed by atoms with Crippen LogP contribution in [-0.4, -0.2) is 69.5 Å². The molecule has 2 aliphatic heterocycles. The van der Waals surface area contributed by atoms with E-state index in [4.69, 9.17) is 14.2 Å². The Morgan fingerprint density at radius 3 is 2.71 bits per heavy atom. The zero-order chi connectivity index (χ0) is 22.5. The predicted octanol–water partition coefficient (Wildman–Crippen LogP) is 0.915. The number of aliphatic hydroxyl groups excluding tert-OH is 2. The number of hydrogen-bond donors (Lipinski definition) is 4. The predicted molar refractivity (Wildman–Crippen MR) is 106 cm³/mol. The zero-order valence-electron chi connectivity index (χ0n) is 17.3. The van der Waals surface area contributed by atoms with Crippen LogP contribution in [0.15, 0.2) is 17.7 Å². The first-order valence-electron chi connectivity index (χ1n) is 10.3. The zero-order valence-corrected chi connectivity index (χ0v) is 17.3. The molecule has 0 bridgehead atoms. The second kappa shape index (κ2) is 8.09. The fourth-order valence-electron chi connectivity index (χ4n) is 4.41. The molecule has 0 spiro atoms. The van der Waals surface area contributed by atoms with E-state index in [0.717, 1.165) is 6.08 Å². The third-order valence-electron chi connectivity index (χ3n) is 5.83. The van der Waals surface area contributed by atoms with Crippen LogP contribution in [0.5, 0.6) is 5.75 Å². The summed E-state index contributed by atoms with van der Waals surface area (Å²) < 4.78 is 16.6. The summed E-state index contributed by atoms with van der Waals surface area (Å²) in [6.45, 7) is 2.78. The Morgan fingerprint density at radius 2 is 2.03 bits per heavy atom. The minimum absolute atomic E-state index is 0.0347. The first-order valence-corrected chi connectivity index (χ1v) is 10.3. The van der Waals surface area contributed by atoms with Gasteiger partial charge in [0.05, 0.1) is 30.5 Å². The van der Waals surface area contributed by atoms with E-state index in [0.29, 0.717) is 24.0 Å². The van der Waals surface area contributed by atoms with E-state index in [1.54, 1.807) is 0 Å². The van der Waals surface area contributed by atoms with Gasteiger partial charge in [0.2, 0.25) is 0 Å². The monoisotopic (exact) mass is 434 g/mol. The van der Waals surface area contributed by atoms with Gasteiger partial charge in [0, 0.05) is 17.5 Å². The number of Topliss-reactive ketones (excluding diaryl/α,β-unsaturated/α-hetero) is 1. The number of allylic oxidation sites excluding steroid dienone is 1. The summed E-state index contributed by atoms with van der Waals surface area (Å²) in [5.74, 6) is -2.96. The van der Waals surface area contributed by atoms with Crippen LogP contribution in [-0.2, 0) is 20.6 Å². The quantitative estimate of drug-likeness (QED) is 0.544. The lowest BCUT2D eigenvalue weighted by Gasteiger charge is -2.38. The van der Waals surface area contributed by atoms with Crippen molar-refractivity contribution in [3.63, 3.8) is 0 Å². The summed E-state index contributed by atoms with van der Waals surface area (Å²) in [7, 11) is 0. The van der Waals surface area contributed by atoms with E-state index in [-0.39, 0.29) is 35.5 Å². The summed E-state index contributed by atoms with van der Waals surface area (Å²) in [5, 5.41) is 40.7. The van der Waals surface area contributed by atoms with Crippen molar-refractivity contribution in [2.75, 3.05) is 13.2 Å². The summed E-state index contributed by atoms with van der Waals surface area (Å²) in [5.41, 5.74) is 0.703. The summed E-state index contributed by atoms with van der Waals surface area (Å²) in [6.07, 6.45) is -1.56. The molecule has 1 aliphatic carbocycles. The van der Waals surface area contributed by atoms with Gasteiger partial charge in [0.1, 0.15) is 18.0 Å². The average molecular weight is 434 g/mol. The van der Waals surface area contributed by atoms with Gasteiger partial charge in [-0.3, -0.25) is 9.59 Å². The van der Waals surface area contributed by atoms with Crippen LogP contribution in [0.25, 0.3) is 0 Å². The molecule has 168 valence electrons. The molecule has 0 radical (unpaired) electrons. The number of benzene rings is 1. The highest BCUT2D eigenvalue weighted by Gasteiger charge is 2.43. The van der Waals surface area contributed by atoms with Gasteiger partial charge in [-0.15, -0.1) is 0 Å². The number of carbonyl (C=O) groups is 2. The first kappa shape index (κ1) is 22.1. The van der Waals surface area contributed by atoms with Crippen molar-refractivity contribution >= 4 is 11.6 Å². The van der Waals surface area contributed by atoms with Crippen molar-refractivity contribution in [1.29, 1.82) is 0 Å². The van der Waals surface area contributed by atoms with E-state index >= 15 is 0 Å². The third-order valence-corrected chi connectivity index (χ3v) is 5.83. The molecule has 5 atom stereocenters. The lowest BCUT2D eigenvalue weighted by atomic mass is 9.81. The Bertz CT molecular complexity index is 949. The fraction of sp³-hybridized carbons (Fsp3) is 0.545. The molecule has 4 rings (SSSR count). The Hall–Kier alpha value is -2.14. The molecule has 1 fully saturated rings. The van der Waals surface area contributed by atoms with E-state index in [1.807, 2.05) is 6.92 Å². The lowest BCUT2D eigenvalue weighted by molar-refractivity contribution is -0.241. The molecular formula is C22H26O9. The molecule has 0 aromatic heterocycles. The van der Waals surface area contributed by atoms with Crippen LogP contribution in [0.3, 0.4) is 0 Å². The molecule has 9 nitrogen and oxygen atoms in total. The molecule has 1 saturated heterocycles. The van der Waals surface area contributed by atoms with E-state index < -0.39 is 48.6 Å². The number of phenols is 1. The van der Waals surface area contributed by atoms with Crippen molar-refractivity contribution in [1.82, 2.24) is 0 Å². The molecule has 31 heavy (non-hydrogen) atoms. The Morgan fingerprint density at radius 1 is 1.29 bits per heavy atom. The number of ketones is 2. The highest BCUT2D eigenvalue weighted by Crippen LogP contribution is 2.46. The molecule has 2 unspecified atom stereocenters. The number of hydrogen-bond acceptors (Lipinski definition) is 9. The fourth-order valence-corrected chi connectivity index (χ4v) is 4.41. The number of aliphatic hydroxyl groups is 3. The molecule has 0 amide bonds. The van der Waals surface area contributed by atoms with Gasteiger partial charge in [-0.05, 0) is 31.1 Å². The van der Waals surface area contributed by atoms with Crippen molar-refractivity contribution in [3.8, 4) is 5.75 Å². The summed E-state index contributed by atoms with van der Waals surface area (Å²) >= 11 is 0. The second-order valence-corrected chi connectivity index (χ2v) is 8.35.